The number of oxazole rings is 1. The Labute approximate surface area is 71.6 Å². The third kappa shape index (κ3) is 1.14. The lowest BCUT2D eigenvalue weighted by Crippen LogP contribution is -1.74. The van der Waals surface area contributed by atoms with Crippen LogP contribution in [0.2, 0.25) is 0 Å². The molecule has 11 heavy (non-hydrogen) atoms. The molecule has 4 heteroatoms. The minimum Gasteiger partial charge on any atom is -0.423 e. The molecule has 0 saturated carbocycles. The second-order valence-electron chi connectivity index (χ2n) is 2.19. The molecule has 0 radical (unpaired) electrons. The first kappa shape index (κ1) is 6.79. The molecular weight excluding hydrogens is 208 g/mol. The summed E-state index contributed by atoms with van der Waals surface area (Å²) in [5.41, 5.74) is 1.38. The summed E-state index contributed by atoms with van der Waals surface area (Å²) in [5.74, 6) is 0.644. The predicted octanol–water partition coefficient (Wildman–Crippen LogP) is 2.29. The zero-order chi connectivity index (χ0) is 7.84. The van der Waals surface area contributed by atoms with Gasteiger partial charge in [-0.2, -0.15) is 0 Å². The van der Waals surface area contributed by atoms with E-state index < -0.39 is 0 Å². The van der Waals surface area contributed by atoms with Crippen molar-refractivity contribution in [1.29, 1.82) is 0 Å². The van der Waals surface area contributed by atoms with Gasteiger partial charge in [0.15, 0.2) is 5.89 Å². The topological polar surface area (TPSA) is 38.9 Å². The van der Waals surface area contributed by atoms with Crippen LogP contribution in [0.15, 0.2) is 21.2 Å². The maximum atomic E-state index is 5.20. The van der Waals surface area contributed by atoms with Crippen molar-refractivity contribution in [3.63, 3.8) is 0 Å². The summed E-state index contributed by atoms with van der Waals surface area (Å²) in [7, 11) is 0. The zero-order valence-electron chi connectivity index (χ0n) is 5.84. The highest BCUT2D eigenvalue weighted by molar-refractivity contribution is 9.10. The quantitative estimate of drug-likeness (QED) is 0.630. The zero-order valence-corrected chi connectivity index (χ0v) is 7.42. The normalized spacial score (nSPS) is 10.7. The Balaban J connectivity index is 2.82. The maximum absolute atomic E-state index is 5.20. The maximum Gasteiger partial charge on any atom is 0.248 e. The van der Waals surface area contributed by atoms with Gasteiger partial charge in [0.2, 0.25) is 5.71 Å². The Morgan fingerprint density at radius 2 is 2.18 bits per heavy atom. The number of rotatable bonds is 0. The Kier molecular flexibility index (Phi) is 1.42. The van der Waals surface area contributed by atoms with Crippen LogP contribution in [0.3, 0.4) is 0 Å². The molecule has 0 aliphatic rings. The smallest absolute Gasteiger partial charge is 0.248 e. The number of halogens is 1. The van der Waals surface area contributed by atoms with E-state index in [2.05, 4.69) is 25.9 Å². The molecule has 2 aromatic rings. The molecule has 2 rings (SSSR count). The van der Waals surface area contributed by atoms with Crippen LogP contribution in [0.5, 0.6) is 0 Å². The third-order valence-electron chi connectivity index (χ3n) is 1.33. The van der Waals surface area contributed by atoms with Crippen LogP contribution in [0.1, 0.15) is 5.89 Å². The van der Waals surface area contributed by atoms with Crippen LogP contribution in [-0.4, -0.2) is 9.97 Å². The summed E-state index contributed by atoms with van der Waals surface area (Å²) in [6.45, 7) is 1.80. The molecule has 2 aromatic heterocycles. The van der Waals surface area contributed by atoms with Crippen molar-refractivity contribution in [2.45, 2.75) is 6.92 Å². The highest BCUT2D eigenvalue weighted by atomic mass is 79.9. The lowest BCUT2D eigenvalue weighted by Gasteiger charge is -1.85. The van der Waals surface area contributed by atoms with E-state index in [1.54, 1.807) is 6.92 Å². The molecule has 0 aromatic carbocycles. The van der Waals surface area contributed by atoms with Crippen LogP contribution in [-0.2, 0) is 0 Å². The second kappa shape index (κ2) is 2.30. The second-order valence-corrected chi connectivity index (χ2v) is 3.00. The fourth-order valence-corrected chi connectivity index (χ4v) is 1.20. The van der Waals surface area contributed by atoms with Crippen molar-refractivity contribution in [3.8, 4) is 0 Å². The first-order chi connectivity index (χ1) is 5.25. The summed E-state index contributed by atoms with van der Waals surface area (Å²) >= 11 is 3.24. The molecule has 0 atom stereocenters. The lowest BCUT2D eigenvalue weighted by atomic mass is 10.4. The molecule has 0 saturated heterocycles. The summed E-state index contributed by atoms with van der Waals surface area (Å²) in [4.78, 5) is 8.19. The number of aromatic nitrogens is 2. The molecule has 0 unspecified atom stereocenters. The van der Waals surface area contributed by atoms with Crippen LogP contribution in [0.25, 0.3) is 11.2 Å². The molecule has 0 bridgehead atoms. The van der Waals surface area contributed by atoms with Crippen molar-refractivity contribution in [1.82, 2.24) is 9.97 Å². The largest absolute Gasteiger partial charge is 0.423 e. The van der Waals surface area contributed by atoms with Crippen LogP contribution in [0, 0.1) is 6.92 Å². The Morgan fingerprint density at radius 1 is 1.36 bits per heavy atom. The average molecular weight is 213 g/mol. The lowest BCUT2D eigenvalue weighted by molar-refractivity contribution is 0.551. The van der Waals surface area contributed by atoms with E-state index in [1.165, 1.54) is 0 Å². The number of hydrogen-bond acceptors (Lipinski definition) is 3. The number of fused-ring (bicyclic) bond motifs is 1. The van der Waals surface area contributed by atoms with Crippen molar-refractivity contribution >= 4 is 27.2 Å². The van der Waals surface area contributed by atoms with Gasteiger partial charge in [0.1, 0.15) is 10.1 Å². The van der Waals surface area contributed by atoms with E-state index in [4.69, 9.17) is 4.42 Å². The van der Waals surface area contributed by atoms with Crippen molar-refractivity contribution in [2.24, 2.45) is 0 Å². The fraction of sp³-hybridized carbons (Fsp3) is 0.143. The van der Waals surface area contributed by atoms with Crippen molar-refractivity contribution in [2.75, 3.05) is 0 Å². The Morgan fingerprint density at radius 3 is 3.00 bits per heavy atom. The molecule has 0 amide bonds. The standard InChI is InChI=1S/C7H5BrN2O/c1-4-9-5-2-3-6(8)10-7(5)11-4/h2-3H,1H3. The van der Waals surface area contributed by atoms with Gasteiger partial charge in [-0.3, -0.25) is 0 Å². The number of nitrogens with zero attached hydrogens (tertiary/aromatic N) is 2. The van der Waals surface area contributed by atoms with Crippen LogP contribution >= 0.6 is 15.9 Å². The van der Waals surface area contributed by atoms with E-state index in [0.29, 0.717) is 11.6 Å². The van der Waals surface area contributed by atoms with Crippen molar-refractivity contribution in [3.05, 3.63) is 22.6 Å². The van der Waals surface area contributed by atoms with Gasteiger partial charge in [0.25, 0.3) is 0 Å². The minimum absolute atomic E-state index is 0.580. The SMILES string of the molecule is Cc1nc2ccc(Br)nc2o1. The van der Waals surface area contributed by atoms with Gasteiger partial charge in [-0.05, 0) is 28.1 Å². The van der Waals surface area contributed by atoms with Gasteiger partial charge in [0.05, 0.1) is 0 Å². The molecule has 0 N–H and O–H groups in total. The molecule has 3 nitrogen and oxygen atoms in total. The van der Waals surface area contributed by atoms with Crippen LogP contribution in [0.4, 0.5) is 0 Å². The highest BCUT2D eigenvalue weighted by Crippen LogP contribution is 2.15. The van der Waals surface area contributed by atoms with E-state index in [0.717, 1.165) is 10.1 Å². The summed E-state index contributed by atoms with van der Waals surface area (Å²) in [6.07, 6.45) is 0. The van der Waals surface area contributed by atoms with E-state index in [9.17, 15) is 0 Å². The number of pyridine rings is 1. The van der Waals surface area contributed by atoms with E-state index in [-0.39, 0.29) is 0 Å². The molecule has 0 aliphatic heterocycles. The Bertz CT molecular complexity index is 396. The summed E-state index contributed by atoms with van der Waals surface area (Å²) < 4.78 is 5.96. The summed E-state index contributed by atoms with van der Waals surface area (Å²) in [6, 6.07) is 3.70. The van der Waals surface area contributed by atoms with Gasteiger partial charge in [-0.15, -0.1) is 0 Å². The van der Waals surface area contributed by atoms with Gasteiger partial charge in [-0.1, -0.05) is 0 Å². The fourth-order valence-electron chi connectivity index (χ4n) is 0.903. The van der Waals surface area contributed by atoms with E-state index in [1.807, 2.05) is 12.1 Å². The van der Waals surface area contributed by atoms with Gasteiger partial charge in [0, 0.05) is 6.92 Å². The molecule has 0 fully saturated rings. The monoisotopic (exact) mass is 212 g/mol. The van der Waals surface area contributed by atoms with Crippen LogP contribution < -0.4 is 0 Å². The van der Waals surface area contributed by atoms with E-state index >= 15 is 0 Å². The predicted molar refractivity (Wildman–Crippen MR) is 44.2 cm³/mol. The number of aryl methyl sites for hydroxylation is 1. The Hall–Kier alpha value is -0.900. The first-order valence-corrected chi connectivity index (χ1v) is 3.95. The average Bonchev–Trinajstić information content (AvgIpc) is 2.27. The number of hydrogen-bond donors (Lipinski definition) is 0. The van der Waals surface area contributed by atoms with Gasteiger partial charge in [-0.25, -0.2) is 9.97 Å². The molecule has 2 heterocycles. The van der Waals surface area contributed by atoms with Gasteiger partial charge < -0.3 is 4.42 Å². The molecule has 0 spiro atoms. The van der Waals surface area contributed by atoms with Gasteiger partial charge >= 0.3 is 0 Å². The first-order valence-electron chi connectivity index (χ1n) is 3.15. The minimum atomic E-state index is 0.580. The summed E-state index contributed by atoms with van der Waals surface area (Å²) in [5, 5.41) is 0. The van der Waals surface area contributed by atoms with Crippen molar-refractivity contribution < 1.29 is 4.42 Å². The molecule has 0 aliphatic carbocycles. The molecule has 56 valence electrons. The third-order valence-corrected chi connectivity index (χ3v) is 1.77. The highest BCUT2D eigenvalue weighted by Gasteiger charge is 2.01. The molecular formula is C7H5BrN2O.